The summed E-state index contributed by atoms with van der Waals surface area (Å²) in [6.07, 6.45) is 4.19. The van der Waals surface area contributed by atoms with Crippen molar-refractivity contribution in [1.82, 2.24) is 0 Å². The Bertz CT molecular complexity index is 568. The Kier molecular flexibility index (Phi) is 6.27. The number of ether oxygens (including phenoxy) is 2. The molecular formula is C20H31NO3. The maximum absolute atomic E-state index is 12.8. The van der Waals surface area contributed by atoms with E-state index in [1.165, 1.54) is 0 Å². The lowest BCUT2D eigenvalue weighted by Gasteiger charge is -2.28. The number of carbonyl (C=O) groups excluding carboxylic acids is 1. The first-order chi connectivity index (χ1) is 11.4. The summed E-state index contributed by atoms with van der Waals surface area (Å²) < 4.78 is 11.8. The molecule has 4 nitrogen and oxygen atoms in total. The van der Waals surface area contributed by atoms with Crippen molar-refractivity contribution in [3.8, 4) is 5.75 Å². The lowest BCUT2D eigenvalue weighted by Crippen LogP contribution is -2.45. The predicted molar refractivity (Wildman–Crippen MR) is 97.6 cm³/mol. The second kappa shape index (κ2) is 8.02. The molecule has 1 amide bonds. The molecule has 1 aromatic rings. The van der Waals surface area contributed by atoms with Crippen LogP contribution in [0.15, 0.2) is 18.2 Å². The van der Waals surface area contributed by atoms with Crippen LogP contribution in [-0.2, 0) is 9.53 Å². The first kappa shape index (κ1) is 18.8. The van der Waals surface area contributed by atoms with E-state index in [0.717, 1.165) is 42.7 Å². The second-order valence-corrected chi connectivity index (χ2v) is 7.00. The van der Waals surface area contributed by atoms with Crippen molar-refractivity contribution in [3.05, 3.63) is 23.8 Å². The van der Waals surface area contributed by atoms with Gasteiger partial charge in [0.15, 0.2) is 0 Å². The third-order valence-corrected chi connectivity index (χ3v) is 4.75. The molecule has 0 aromatic heterocycles. The number of nitrogens with one attached hydrogen (secondary N) is 1. The summed E-state index contributed by atoms with van der Waals surface area (Å²) in [5, 5.41) is 3.03. The van der Waals surface area contributed by atoms with Crippen LogP contribution in [0, 0.1) is 12.8 Å². The molecule has 24 heavy (non-hydrogen) atoms. The zero-order valence-electron chi connectivity index (χ0n) is 15.6. The summed E-state index contributed by atoms with van der Waals surface area (Å²) in [7, 11) is 0. The minimum atomic E-state index is -0.726. The van der Waals surface area contributed by atoms with Gasteiger partial charge >= 0.3 is 0 Å². The van der Waals surface area contributed by atoms with Crippen LogP contribution in [0.4, 0.5) is 5.69 Å². The van der Waals surface area contributed by atoms with Crippen LogP contribution in [0.3, 0.4) is 0 Å². The van der Waals surface area contributed by atoms with Crippen molar-refractivity contribution in [3.63, 3.8) is 0 Å². The Labute approximate surface area is 145 Å². The van der Waals surface area contributed by atoms with Gasteiger partial charge in [0.05, 0.1) is 6.10 Å². The van der Waals surface area contributed by atoms with Crippen molar-refractivity contribution in [1.29, 1.82) is 0 Å². The highest BCUT2D eigenvalue weighted by atomic mass is 16.5. The maximum atomic E-state index is 12.8. The predicted octanol–water partition coefficient (Wildman–Crippen LogP) is 4.71. The lowest BCUT2D eigenvalue weighted by atomic mass is 9.98. The fourth-order valence-electron chi connectivity index (χ4n) is 2.73. The number of rotatable bonds is 9. The molecule has 1 N–H and O–H groups in total. The van der Waals surface area contributed by atoms with Crippen molar-refractivity contribution in [2.24, 2.45) is 5.92 Å². The van der Waals surface area contributed by atoms with Gasteiger partial charge in [-0.15, -0.1) is 0 Å². The number of carbonyl (C=O) groups is 1. The van der Waals surface area contributed by atoms with Gasteiger partial charge in [0.1, 0.15) is 11.4 Å². The summed E-state index contributed by atoms with van der Waals surface area (Å²) >= 11 is 0. The summed E-state index contributed by atoms with van der Waals surface area (Å²) in [4.78, 5) is 12.8. The summed E-state index contributed by atoms with van der Waals surface area (Å²) in [5.41, 5.74) is 1.09. The molecule has 4 heteroatoms. The fourth-order valence-corrected chi connectivity index (χ4v) is 2.73. The highest BCUT2D eigenvalue weighted by Gasteiger charge is 2.48. The number of hydrogen-bond donors (Lipinski definition) is 1. The van der Waals surface area contributed by atoms with E-state index in [4.69, 9.17) is 9.47 Å². The first-order valence-electron chi connectivity index (χ1n) is 9.13. The normalized spacial score (nSPS) is 17.9. The highest BCUT2D eigenvalue weighted by Crippen LogP contribution is 2.42. The Morgan fingerprint density at radius 1 is 1.38 bits per heavy atom. The number of anilines is 1. The van der Waals surface area contributed by atoms with E-state index in [-0.39, 0.29) is 12.0 Å². The van der Waals surface area contributed by atoms with E-state index in [0.29, 0.717) is 12.5 Å². The molecule has 0 heterocycles. The molecule has 0 aliphatic heterocycles. The number of aryl methyl sites for hydroxylation is 1. The highest BCUT2D eigenvalue weighted by molar-refractivity contribution is 5.97. The van der Waals surface area contributed by atoms with Crippen molar-refractivity contribution >= 4 is 11.6 Å². The summed E-state index contributed by atoms with van der Waals surface area (Å²) in [6.45, 7) is 10.8. The van der Waals surface area contributed by atoms with Gasteiger partial charge in [-0.1, -0.05) is 13.8 Å². The Hall–Kier alpha value is -1.55. The maximum Gasteiger partial charge on any atom is 0.256 e. The van der Waals surface area contributed by atoms with Gasteiger partial charge in [-0.05, 0) is 76.1 Å². The molecule has 0 spiro atoms. The third kappa shape index (κ3) is 4.50. The third-order valence-electron chi connectivity index (χ3n) is 4.75. The molecule has 2 rings (SSSR count). The van der Waals surface area contributed by atoms with E-state index >= 15 is 0 Å². The summed E-state index contributed by atoms with van der Waals surface area (Å²) in [5.74, 6) is 1.15. The molecule has 0 bridgehead atoms. The van der Waals surface area contributed by atoms with Crippen LogP contribution < -0.4 is 10.1 Å². The molecule has 0 saturated heterocycles. The molecule has 2 atom stereocenters. The average molecular weight is 333 g/mol. The van der Waals surface area contributed by atoms with Crippen LogP contribution in [-0.4, -0.2) is 24.2 Å². The Balaban J connectivity index is 2.06. The van der Waals surface area contributed by atoms with Gasteiger partial charge in [0, 0.05) is 12.3 Å². The Morgan fingerprint density at radius 2 is 2.08 bits per heavy atom. The standard InChI is InChI=1S/C20H31NO3/c1-6-12-23-20(5,16-8-9-16)19(22)21-17-10-11-18(14(3)13-17)24-15(4)7-2/h10-11,13,15-16H,6-9,12H2,1-5H3,(H,21,22)/t15-,20-/m0/s1. The van der Waals surface area contributed by atoms with Crippen molar-refractivity contribution in [2.45, 2.75) is 72.0 Å². The molecule has 1 aliphatic carbocycles. The average Bonchev–Trinajstić information content (AvgIpc) is 3.40. The molecule has 1 saturated carbocycles. The molecule has 1 aliphatic rings. The zero-order valence-corrected chi connectivity index (χ0v) is 15.6. The number of amides is 1. The Morgan fingerprint density at radius 3 is 2.62 bits per heavy atom. The van der Waals surface area contributed by atoms with Crippen LogP contribution in [0.2, 0.25) is 0 Å². The topological polar surface area (TPSA) is 47.6 Å². The van der Waals surface area contributed by atoms with Gasteiger partial charge in [0.25, 0.3) is 5.91 Å². The minimum absolute atomic E-state index is 0.0477. The van der Waals surface area contributed by atoms with Gasteiger partial charge in [-0.2, -0.15) is 0 Å². The van der Waals surface area contributed by atoms with Gasteiger partial charge in [0.2, 0.25) is 0 Å². The quantitative estimate of drug-likeness (QED) is 0.712. The van der Waals surface area contributed by atoms with Crippen LogP contribution in [0.1, 0.15) is 58.9 Å². The molecule has 1 aromatic carbocycles. The second-order valence-electron chi connectivity index (χ2n) is 7.00. The van der Waals surface area contributed by atoms with E-state index in [9.17, 15) is 4.79 Å². The molecule has 134 valence electrons. The van der Waals surface area contributed by atoms with Crippen LogP contribution in [0.25, 0.3) is 0 Å². The van der Waals surface area contributed by atoms with Crippen molar-refractivity contribution < 1.29 is 14.3 Å². The van der Waals surface area contributed by atoms with Gasteiger partial charge in [-0.25, -0.2) is 0 Å². The van der Waals surface area contributed by atoms with E-state index < -0.39 is 5.60 Å². The van der Waals surface area contributed by atoms with Crippen LogP contribution in [0.5, 0.6) is 5.75 Å². The first-order valence-corrected chi connectivity index (χ1v) is 9.13. The smallest absolute Gasteiger partial charge is 0.256 e. The fraction of sp³-hybridized carbons (Fsp3) is 0.650. The summed E-state index contributed by atoms with van der Waals surface area (Å²) in [6, 6.07) is 5.79. The molecule has 1 fully saturated rings. The van der Waals surface area contributed by atoms with Gasteiger partial charge < -0.3 is 14.8 Å². The van der Waals surface area contributed by atoms with E-state index in [2.05, 4.69) is 26.1 Å². The number of benzene rings is 1. The van der Waals surface area contributed by atoms with Crippen molar-refractivity contribution in [2.75, 3.05) is 11.9 Å². The zero-order chi connectivity index (χ0) is 17.7. The molecule has 0 radical (unpaired) electrons. The minimum Gasteiger partial charge on any atom is -0.490 e. The number of hydrogen-bond acceptors (Lipinski definition) is 3. The van der Waals surface area contributed by atoms with E-state index in [1.54, 1.807) is 0 Å². The van der Waals surface area contributed by atoms with E-state index in [1.807, 2.05) is 32.0 Å². The SMILES string of the molecule is CCCO[C@](C)(C(=O)Nc1ccc(O[C@@H](C)CC)c(C)c1)C1CC1. The molecular weight excluding hydrogens is 302 g/mol. The largest absolute Gasteiger partial charge is 0.490 e. The lowest BCUT2D eigenvalue weighted by molar-refractivity contribution is -0.142. The van der Waals surface area contributed by atoms with Gasteiger partial charge in [-0.3, -0.25) is 4.79 Å². The monoisotopic (exact) mass is 333 g/mol. The molecule has 0 unspecified atom stereocenters. The van der Waals surface area contributed by atoms with Crippen LogP contribution >= 0.6 is 0 Å².